The van der Waals surface area contributed by atoms with Gasteiger partial charge in [-0.05, 0) is 0 Å². The molecule has 7 heteroatoms. The molecule has 0 aliphatic carbocycles. The molecule has 16 heavy (non-hydrogen) atoms. The summed E-state index contributed by atoms with van der Waals surface area (Å²) >= 11 is -3.35. The van der Waals surface area contributed by atoms with Crippen molar-refractivity contribution in [2.45, 2.75) is 0 Å². The van der Waals surface area contributed by atoms with E-state index in [-0.39, 0.29) is 6.61 Å². The predicted octanol–water partition coefficient (Wildman–Crippen LogP) is 2.10. The molecule has 0 heterocycles. The summed E-state index contributed by atoms with van der Waals surface area (Å²) in [4.78, 5) is 10.8. The third-order valence-corrected chi connectivity index (χ3v) is 7.56. The van der Waals surface area contributed by atoms with Crippen molar-refractivity contribution < 1.29 is 14.3 Å². The molecule has 0 saturated heterocycles. The molecular weight excluding hydrogens is 390 g/mol. The summed E-state index contributed by atoms with van der Waals surface area (Å²) in [5.74, 6) is 0.0921. The van der Waals surface area contributed by atoms with Gasteiger partial charge in [0.25, 0.3) is 0 Å². The number of ether oxygens (including phenoxy) is 2. The molecule has 0 aliphatic heterocycles. The van der Waals surface area contributed by atoms with Gasteiger partial charge in [-0.15, -0.1) is 0 Å². The Balaban J connectivity index is 2.62. The van der Waals surface area contributed by atoms with E-state index in [2.05, 4.69) is 4.74 Å². The van der Waals surface area contributed by atoms with Gasteiger partial charge in [0.05, 0.1) is 0 Å². The Morgan fingerprint density at radius 2 is 1.81 bits per heavy atom. The van der Waals surface area contributed by atoms with Crippen LogP contribution in [0.5, 0.6) is 5.75 Å². The molecule has 0 N–H and O–H groups in total. The maximum absolute atomic E-state index is 10.8. The Hall–Kier alpha value is 0.150. The monoisotopic (exact) mass is 400 g/mol. The molecule has 0 atom stereocenters. The Bertz CT molecular complexity index is 361. The standard InChI is InChI=1S/C9H9Cl3O3Te/c1-14-9(13)6-15-7-2-4-8(5-3-7)16(10,11)12/h2-5H,6H2,1H3. The summed E-state index contributed by atoms with van der Waals surface area (Å²) in [5, 5.41) is 0. The van der Waals surface area contributed by atoms with E-state index in [0.29, 0.717) is 5.75 Å². The van der Waals surface area contributed by atoms with E-state index in [4.69, 9.17) is 31.6 Å². The van der Waals surface area contributed by atoms with Gasteiger partial charge in [0.2, 0.25) is 0 Å². The van der Waals surface area contributed by atoms with Gasteiger partial charge in [-0.2, -0.15) is 0 Å². The van der Waals surface area contributed by atoms with Crippen LogP contribution in [0.2, 0.25) is 0 Å². The van der Waals surface area contributed by atoms with Crippen molar-refractivity contribution in [1.29, 1.82) is 0 Å². The minimum absolute atomic E-state index is 0.134. The molecule has 1 aromatic rings. The number of benzene rings is 1. The molecular formula is C9H9Cl3O3Te. The zero-order valence-electron chi connectivity index (χ0n) is 8.28. The van der Waals surface area contributed by atoms with Crippen LogP contribution in [-0.2, 0) is 9.53 Å². The fraction of sp³-hybridized carbons (Fsp3) is 0.222. The van der Waals surface area contributed by atoms with Crippen molar-refractivity contribution in [3.05, 3.63) is 24.3 Å². The molecule has 0 amide bonds. The van der Waals surface area contributed by atoms with E-state index < -0.39 is 20.8 Å². The van der Waals surface area contributed by atoms with Crippen molar-refractivity contribution in [2.24, 2.45) is 0 Å². The van der Waals surface area contributed by atoms with E-state index in [0.717, 1.165) is 3.61 Å². The van der Waals surface area contributed by atoms with Gasteiger partial charge in [-0.1, -0.05) is 0 Å². The van der Waals surface area contributed by atoms with Gasteiger partial charge in [0, 0.05) is 0 Å². The topological polar surface area (TPSA) is 35.5 Å². The second-order valence-electron chi connectivity index (χ2n) is 2.74. The van der Waals surface area contributed by atoms with Gasteiger partial charge in [-0.3, -0.25) is 0 Å². The fourth-order valence-electron chi connectivity index (χ4n) is 0.891. The number of esters is 1. The van der Waals surface area contributed by atoms with Crippen molar-refractivity contribution >= 4 is 51.3 Å². The van der Waals surface area contributed by atoms with Gasteiger partial charge >= 0.3 is 109 Å². The molecule has 0 aliphatic rings. The third-order valence-electron chi connectivity index (χ3n) is 1.68. The van der Waals surface area contributed by atoms with Crippen molar-refractivity contribution in [3.8, 4) is 5.75 Å². The summed E-state index contributed by atoms with van der Waals surface area (Å²) < 4.78 is 10.3. The zero-order valence-corrected chi connectivity index (χ0v) is 12.9. The second-order valence-corrected chi connectivity index (χ2v) is 18.9. The van der Waals surface area contributed by atoms with E-state index in [9.17, 15) is 4.79 Å². The number of rotatable bonds is 4. The number of carbonyl (C=O) groups excluding carboxylic acids is 1. The molecule has 90 valence electrons. The Kier molecular flexibility index (Phi) is 5.49. The zero-order chi connectivity index (χ0) is 12.2. The molecule has 0 aromatic heterocycles. The SMILES string of the molecule is COC(=O)COc1ccc([Te](Cl)(Cl)Cl)cc1. The first-order valence-electron chi connectivity index (χ1n) is 4.15. The first-order chi connectivity index (χ1) is 7.43. The predicted molar refractivity (Wildman–Crippen MR) is 66.9 cm³/mol. The van der Waals surface area contributed by atoms with Crippen LogP contribution in [0.25, 0.3) is 0 Å². The molecule has 1 aromatic carbocycles. The fourth-order valence-corrected chi connectivity index (χ4v) is 4.23. The number of hydrogen-bond acceptors (Lipinski definition) is 3. The maximum atomic E-state index is 10.8. The molecule has 0 unspecified atom stereocenters. The van der Waals surface area contributed by atoms with E-state index in [1.54, 1.807) is 24.3 Å². The van der Waals surface area contributed by atoms with Crippen molar-refractivity contribution in [3.63, 3.8) is 0 Å². The van der Waals surface area contributed by atoms with Crippen LogP contribution in [0.3, 0.4) is 0 Å². The molecule has 1 rings (SSSR count). The molecule has 0 bridgehead atoms. The van der Waals surface area contributed by atoms with Gasteiger partial charge in [0.15, 0.2) is 0 Å². The summed E-state index contributed by atoms with van der Waals surface area (Å²) in [6, 6.07) is 6.71. The first-order valence-corrected chi connectivity index (χ1v) is 14.2. The quantitative estimate of drug-likeness (QED) is 0.575. The van der Waals surface area contributed by atoms with Crippen LogP contribution in [0, 0.1) is 0 Å². The molecule has 0 radical (unpaired) electrons. The van der Waals surface area contributed by atoms with Crippen LogP contribution in [0.1, 0.15) is 0 Å². The number of carbonyl (C=O) groups is 1. The van der Waals surface area contributed by atoms with Crippen LogP contribution >= 0.6 is 26.9 Å². The Morgan fingerprint density at radius 3 is 2.25 bits per heavy atom. The summed E-state index contributed by atoms with van der Waals surface area (Å²) in [5.41, 5.74) is 0. The van der Waals surface area contributed by atoms with Crippen LogP contribution in [-0.4, -0.2) is 34.5 Å². The van der Waals surface area contributed by atoms with Gasteiger partial charge in [-0.25, -0.2) is 0 Å². The van der Waals surface area contributed by atoms with E-state index in [1.807, 2.05) is 0 Å². The van der Waals surface area contributed by atoms with Crippen molar-refractivity contribution in [2.75, 3.05) is 13.7 Å². The molecule has 0 saturated carbocycles. The van der Waals surface area contributed by atoms with Crippen molar-refractivity contribution in [1.82, 2.24) is 0 Å². The summed E-state index contributed by atoms with van der Waals surface area (Å²) in [7, 11) is 18.9. The van der Waals surface area contributed by atoms with Crippen LogP contribution < -0.4 is 8.35 Å². The molecule has 0 fully saturated rings. The number of hydrogen-bond donors (Lipinski definition) is 0. The van der Waals surface area contributed by atoms with Gasteiger partial charge in [0.1, 0.15) is 0 Å². The van der Waals surface area contributed by atoms with Crippen LogP contribution in [0.15, 0.2) is 24.3 Å². The first kappa shape index (κ1) is 14.2. The number of methoxy groups -OCH3 is 1. The number of halogens is 3. The molecule has 3 nitrogen and oxygen atoms in total. The van der Waals surface area contributed by atoms with Crippen LogP contribution in [0.4, 0.5) is 0 Å². The summed E-state index contributed by atoms with van der Waals surface area (Å²) in [6.07, 6.45) is 0. The normalized spacial score (nSPS) is 12.0. The van der Waals surface area contributed by atoms with E-state index in [1.165, 1.54) is 7.11 Å². The van der Waals surface area contributed by atoms with E-state index >= 15 is 0 Å². The minimum atomic E-state index is -3.35. The average Bonchev–Trinajstić information content (AvgIpc) is 2.25. The molecule has 0 spiro atoms. The Labute approximate surface area is 109 Å². The second kappa shape index (κ2) is 6.18. The third kappa shape index (κ3) is 4.57. The summed E-state index contributed by atoms with van der Waals surface area (Å²) in [6.45, 7) is -0.134. The average molecular weight is 399 g/mol. The Morgan fingerprint density at radius 1 is 1.25 bits per heavy atom. The van der Waals surface area contributed by atoms with Gasteiger partial charge < -0.3 is 0 Å².